The number of carbonyl (C=O) groups is 6. The van der Waals surface area contributed by atoms with E-state index in [-0.39, 0.29) is 98.0 Å². The van der Waals surface area contributed by atoms with Crippen LogP contribution < -0.4 is 30.6 Å². The first kappa shape index (κ1) is 56.9. The Hall–Kier alpha value is -1.21. The summed E-state index contributed by atoms with van der Waals surface area (Å²) in [4.78, 5) is 56.9. The molecule has 0 aromatic heterocycles. The smallest absolute Gasteiger partial charge is 0.550 e. The summed E-state index contributed by atoms with van der Waals surface area (Å²) in [6.45, 7) is 10.8. The first-order chi connectivity index (χ1) is 16.6. The summed E-state index contributed by atoms with van der Waals surface area (Å²) < 4.78 is 0. The van der Waals surface area contributed by atoms with Crippen LogP contribution in [0.1, 0.15) is 119 Å². The van der Waals surface area contributed by atoms with Gasteiger partial charge >= 0.3 is 59.5 Å². The van der Waals surface area contributed by atoms with E-state index in [0.29, 0.717) is 38.5 Å². The van der Waals surface area contributed by atoms with Crippen LogP contribution in [0.4, 0.5) is 0 Å². The fraction of sp³-hybridized carbons (Fsp3) is 0.750. The Morgan fingerprint density at radius 1 is 0.342 bits per heavy atom. The summed E-state index contributed by atoms with van der Waals surface area (Å²) in [6, 6.07) is 0. The number of aliphatic carboxylic acids is 6. The topological polar surface area (TPSA) is 241 Å². The van der Waals surface area contributed by atoms with Gasteiger partial charge in [-0.25, -0.2) is 0 Å². The molecule has 0 amide bonds. The van der Waals surface area contributed by atoms with Crippen molar-refractivity contribution in [3.63, 3.8) is 0 Å². The summed E-state index contributed by atoms with van der Waals surface area (Å²) in [5, 5.41) is 56.9. The van der Waals surface area contributed by atoms with E-state index in [4.69, 9.17) is 0 Å². The maximum absolute atomic E-state index is 9.49. The normalized spacial score (nSPS) is 7.74. The Kier molecular flexibility index (Phi) is 78.2. The fourth-order valence-corrected chi connectivity index (χ4v) is 1.22. The predicted octanol–water partition coefficient (Wildman–Crippen LogP) is -3.16. The quantitative estimate of drug-likeness (QED) is 0.199. The molecule has 0 saturated carbocycles. The average Bonchev–Trinajstić information content (AvgIpc) is 2.69. The monoisotopic (exact) mass is 610 g/mol. The van der Waals surface area contributed by atoms with Gasteiger partial charge in [-0.05, 0) is 38.5 Å². The van der Waals surface area contributed by atoms with Crippen molar-refractivity contribution in [3.8, 4) is 0 Å². The molecule has 0 saturated heterocycles. The van der Waals surface area contributed by atoms with Crippen molar-refractivity contribution in [2.45, 2.75) is 119 Å². The number of carboxylic acid groups (broad SMARTS) is 6. The van der Waals surface area contributed by atoms with Crippen LogP contribution in [0.2, 0.25) is 0 Å². The zero-order chi connectivity index (χ0) is 29.9. The maximum atomic E-state index is 9.49. The van der Waals surface area contributed by atoms with Crippen LogP contribution in [-0.4, -0.2) is 73.6 Å². The zero-order valence-corrected chi connectivity index (χ0v) is 27.4. The molecular weight excluding hydrogens is 568 g/mol. The minimum Gasteiger partial charge on any atom is -0.550 e. The van der Waals surface area contributed by atoms with Crippen LogP contribution in [-0.2, 0) is 50.5 Å². The van der Waals surface area contributed by atoms with Crippen molar-refractivity contribution in [2.75, 3.05) is 0 Å². The molecule has 0 aliphatic heterocycles. The van der Waals surface area contributed by atoms with Gasteiger partial charge in [0.25, 0.3) is 0 Å². The van der Waals surface area contributed by atoms with E-state index in [1.807, 2.05) is 0 Å². The largest absolute Gasteiger partial charge is 4.00 e. The van der Waals surface area contributed by atoms with Gasteiger partial charge in [-0.1, -0.05) is 80.1 Å². The summed E-state index contributed by atoms with van der Waals surface area (Å²) in [7, 11) is 0. The number of carbonyl (C=O) groups excluding carboxylic acids is 6. The average molecular weight is 611 g/mol. The summed E-state index contributed by atoms with van der Waals surface area (Å²) in [5.74, 6) is -5.76. The van der Waals surface area contributed by atoms with Crippen LogP contribution in [0.3, 0.4) is 0 Å². The third-order valence-corrected chi connectivity index (χ3v) is 2.72. The molecule has 0 radical (unpaired) electrons. The van der Waals surface area contributed by atoms with Crippen molar-refractivity contribution in [1.82, 2.24) is 0 Å². The molecule has 0 rings (SSSR count). The van der Waals surface area contributed by atoms with Crippen LogP contribution in [0.15, 0.2) is 0 Å². The van der Waals surface area contributed by atoms with Gasteiger partial charge in [-0.3, -0.25) is 0 Å². The van der Waals surface area contributed by atoms with Gasteiger partial charge in [0.15, 0.2) is 0 Å². The van der Waals surface area contributed by atoms with E-state index in [1.165, 1.54) is 0 Å². The van der Waals surface area contributed by atoms with Gasteiger partial charge in [0.05, 0.1) is 0 Å². The van der Waals surface area contributed by atoms with Crippen LogP contribution in [0.25, 0.3) is 0 Å². The Labute approximate surface area is 271 Å². The van der Waals surface area contributed by atoms with E-state index in [0.717, 1.165) is 0 Å². The molecule has 0 aromatic rings. The zero-order valence-electron chi connectivity index (χ0n) is 23.6. The van der Waals surface area contributed by atoms with E-state index >= 15 is 0 Å². The van der Waals surface area contributed by atoms with E-state index in [1.54, 1.807) is 41.5 Å². The van der Waals surface area contributed by atoms with Crippen LogP contribution in [0, 0.1) is 0 Å². The van der Waals surface area contributed by atoms with Crippen molar-refractivity contribution < 1.29 is 81.1 Å². The minimum absolute atomic E-state index is 0. The number of hydrogen-bond acceptors (Lipinski definition) is 12. The van der Waals surface area contributed by atoms with Crippen molar-refractivity contribution >= 4 is 73.6 Å². The van der Waals surface area contributed by atoms with Gasteiger partial charge in [-0.2, -0.15) is 0 Å². The molecule has 216 valence electrons. The molecular formula is C24H42CaO12Ti. The molecule has 0 atom stereocenters. The van der Waals surface area contributed by atoms with Crippen molar-refractivity contribution in [2.24, 2.45) is 0 Å². The first-order valence-corrected chi connectivity index (χ1v) is 11.8. The minimum atomic E-state index is -0.961. The van der Waals surface area contributed by atoms with Gasteiger partial charge in [-0.15, -0.1) is 0 Å². The molecule has 38 heavy (non-hydrogen) atoms. The SMILES string of the molecule is CCCC(=O)[O-].CCCC(=O)[O-].CCCC(=O)[O-].CCCC(=O)[O-].CCCC(=O)[O-].CCCC(=O)[O-].[Ca+2].[Ti+4]. The van der Waals surface area contributed by atoms with E-state index in [9.17, 15) is 59.4 Å². The summed E-state index contributed by atoms with van der Waals surface area (Å²) >= 11 is 0. The molecule has 0 spiro atoms. The number of hydrogen-bond donors (Lipinski definition) is 0. The number of carboxylic acids is 6. The van der Waals surface area contributed by atoms with Gasteiger partial charge in [0.1, 0.15) is 0 Å². The first-order valence-electron chi connectivity index (χ1n) is 11.8. The Morgan fingerprint density at radius 2 is 0.421 bits per heavy atom. The van der Waals surface area contributed by atoms with Gasteiger partial charge in [0, 0.05) is 35.8 Å². The molecule has 0 bridgehead atoms. The predicted molar refractivity (Wildman–Crippen MR) is 125 cm³/mol. The third-order valence-electron chi connectivity index (χ3n) is 2.72. The van der Waals surface area contributed by atoms with E-state index in [2.05, 4.69) is 0 Å². The molecule has 12 nitrogen and oxygen atoms in total. The molecule has 0 unspecified atom stereocenters. The molecule has 0 N–H and O–H groups in total. The third kappa shape index (κ3) is 141. The standard InChI is InChI=1S/6C4H8O2.Ca.Ti/c6*1-2-3-4(5)6;;/h6*2-3H2,1H3,(H,5,6);;/q;;;;;;+2;+4/p-6. The fourth-order valence-electron chi connectivity index (χ4n) is 1.22. The van der Waals surface area contributed by atoms with Crippen molar-refractivity contribution in [3.05, 3.63) is 0 Å². The molecule has 0 aliphatic rings. The summed E-state index contributed by atoms with van der Waals surface area (Å²) in [5.41, 5.74) is 0. The second kappa shape index (κ2) is 52.3. The summed E-state index contributed by atoms with van der Waals surface area (Å²) in [6.07, 6.45) is 5.10. The number of rotatable bonds is 12. The van der Waals surface area contributed by atoms with Crippen LogP contribution >= 0.6 is 0 Å². The molecule has 0 heterocycles. The van der Waals surface area contributed by atoms with Crippen molar-refractivity contribution in [1.29, 1.82) is 0 Å². The molecule has 0 fully saturated rings. The second-order valence-electron chi connectivity index (χ2n) is 6.73. The molecule has 14 heteroatoms. The second-order valence-corrected chi connectivity index (χ2v) is 6.73. The van der Waals surface area contributed by atoms with Gasteiger partial charge < -0.3 is 59.4 Å². The molecule has 0 aliphatic carbocycles. The molecule has 0 aromatic carbocycles. The van der Waals surface area contributed by atoms with Gasteiger partial charge in [0.2, 0.25) is 0 Å². The Bertz CT molecular complexity index is 434. The van der Waals surface area contributed by atoms with Crippen LogP contribution in [0.5, 0.6) is 0 Å². The maximum Gasteiger partial charge on any atom is 4.00 e. The Balaban J connectivity index is -0.0000000469. The Morgan fingerprint density at radius 3 is 0.421 bits per heavy atom. The van der Waals surface area contributed by atoms with E-state index < -0.39 is 35.8 Å².